The molecule has 2 aromatic carbocycles. The van der Waals surface area contributed by atoms with Crippen molar-refractivity contribution in [3.05, 3.63) is 65.1 Å². The number of benzene rings is 2. The van der Waals surface area contributed by atoms with Crippen molar-refractivity contribution >= 4 is 17.6 Å². The Bertz CT molecular complexity index is 1240. The number of likely N-dealkylation sites (tertiary alicyclic amines) is 1. The van der Waals surface area contributed by atoms with Crippen molar-refractivity contribution < 1.29 is 28.6 Å². The molecule has 0 unspecified atom stereocenters. The van der Waals surface area contributed by atoms with Gasteiger partial charge < -0.3 is 30.1 Å². The average Bonchev–Trinajstić information content (AvgIpc) is 3.38. The van der Waals surface area contributed by atoms with E-state index in [1.165, 1.54) is 35.4 Å². The number of carbonyl (C=O) groups is 2. The van der Waals surface area contributed by atoms with Crippen LogP contribution in [0.5, 0.6) is 17.2 Å². The molecule has 4 N–H and O–H groups in total. The molecule has 1 fully saturated rings. The van der Waals surface area contributed by atoms with E-state index in [1.54, 1.807) is 13.1 Å². The zero-order valence-electron chi connectivity index (χ0n) is 20.4. The second-order valence-corrected chi connectivity index (χ2v) is 9.42. The van der Waals surface area contributed by atoms with Crippen LogP contribution in [-0.4, -0.2) is 59.5 Å². The van der Waals surface area contributed by atoms with Crippen LogP contribution in [0.25, 0.3) is 0 Å². The number of fused-ring (bicyclic) bond motifs is 1. The van der Waals surface area contributed by atoms with Crippen molar-refractivity contribution in [1.29, 1.82) is 5.41 Å². The average molecular weight is 497 g/mol. The van der Waals surface area contributed by atoms with Gasteiger partial charge in [0.15, 0.2) is 0 Å². The van der Waals surface area contributed by atoms with Crippen LogP contribution >= 0.6 is 0 Å². The Hall–Kier alpha value is -3.92. The van der Waals surface area contributed by atoms with E-state index in [2.05, 4.69) is 10.6 Å². The Kier molecular flexibility index (Phi) is 6.98. The van der Waals surface area contributed by atoms with Gasteiger partial charge in [0, 0.05) is 43.8 Å². The number of nitrogens with one attached hydrogen (secondary N) is 3. The Morgan fingerprint density at radius 1 is 1.31 bits per heavy atom. The van der Waals surface area contributed by atoms with Crippen molar-refractivity contribution in [1.82, 2.24) is 15.5 Å². The van der Waals surface area contributed by atoms with Gasteiger partial charge in [-0.2, -0.15) is 0 Å². The molecule has 0 bridgehead atoms. The SMILES string of the molecule is CN/C=C\C(=N)NC(=O)c1cc(Oc2ccc(C(=O)N3CC[C@H](O)C3)c(F)c2)c2c(c1)OC(C)(C)C2. The van der Waals surface area contributed by atoms with Gasteiger partial charge in [0.05, 0.1) is 11.7 Å². The number of amidine groups is 1. The summed E-state index contributed by atoms with van der Waals surface area (Å²) in [5.74, 6) is -0.917. The zero-order chi connectivity index (χ0) is 26.0. The summed E-state index contributed by atoms with van der Waals surface area (Å²) >= 11 is 0. The molecular formula is C26H29FN4O5. The highest BCUT2D eigenvalue weighted by atomic mass is 19.1. The largest absolute Gasteiger partial charge is 0.487 e. The second kappa shape index (κ2) is 9.98. The van der Waals surface area contributed by atoms with E-state index >= 15 is 0 Å². The van der Waals surface area contributed by atoms with E-state index in [0.717, 1.165) is 11.6 Å². The molecule has 4 rings (SSSR count). The molecule has 2 heterocycles. The quantitative estimate of drug-likeness (QED) is 0.360. The lowest BCUT2D eigenvalue weighted by Gasteiger charge is -2.17. The lowest BCUT2D eigenvalue weighted by atomic mass is 9.99. The van der Waals surface area contributed by atoms with Crippen LogP contribution < -0.4 is 20.1 Å². The van der Waals surface area contributed by atoms with Gasteiger partial charge >= 0.3 is 0 Å². The number of nitrogens with zero attached hydrogens (tertiary/aromatic N) is 1. The summed E-state index contributed by atoms with van der Waals surface area (Å²) in [4.78, 5) is 26.8. The summed E-state index contributed by atoms with van der Waals surface area (Å²) in [6.45, 7) is 4.36. The van der Waals surface area contributed by atoms with E-state index < -0.39 is 29.3 Å². The number of aliphatic hydroxyl groups excluding tert-OH is 1. The number of amides is 2. The number of ether oxygens (including phenoxy) is 2. The van der Waals surface area contributed by atoms with Crippen LogP contribution in [-0.2, 0) is 6.42 Å². The van der Waals surface area contributed by atoms with E-state index in [1.807, 2.05) is 13.8 Å². The Morgan fingerprint density at radius 2 is 2.08 bits per heavy atom. The lowest BCUT2D eigenvalue weighted by molar-refractivity contribution is 0.0760. The molecule has 1 atom stereocenters. The maximum absolute atomic E-state index is 14.9. The highest BCUT2D eigenvalue weighted by molar-refractivity contribution is 6.09. The van der Waals surface area contributed by atoms with Gasteiger partial charge in [-0.1, -0.05) is 0 Å². The first kappa shape index (κ1) is 25.2. The smallest absolute Gasteiger partial charge is 0.257 e. The van der Waals surface area contributed by atoms with E-state index in [0.29, 0.717) is 30.9 Å². The number of halogens is 1. The zero-order valence-corrected chi connectivity index (χ0v) is 20.4. The Balaban J connectivity index is 1.60. The molecule has 2 amide bonds. The van der Waals surface area contributed by atoms with Gasteiger partial charge in [0.25, 0.3) is 11.8 Å². The third kappa shape index (κ3) is 5.49. The number of rotatable bonds is 6. The van der Waals surface area contributed by atoms with Crippen molar-refractivity contribution in [3.8, 4) is 17.2 Å². The molecule has 9 nitrogen and oxygen atoms in total. The second-order valence-electron chi connectivity index (χ2n) is 9.42. The van der Waals surface area contributed by atoms with E-state index in [9.17, 15) is 19.1 Å². The van der Waals surface area contributed by atoms with Crippen LogP contribution in [0.2, 0.25) is 0 Å². The summed E-state index contributed by atoms with van der Waals surface area (Å²) < 4.78 is 26.9. The normalized spacial score (nSPS) is 18.0. The fourth-order valence-corrected chi connectivity index (χ4v) is 4.23. The minimum absolute atomic E-state index is 0.104. The van der Waals surface area contributed by atoms with Gasteiger partial charge in [-0.3, -0.25) is 15.0 Å². The predicted molar refractivity (Wildman–Crippen MR) is 131 cm³/mol. The molecule has 2 aliphatic rings. The van der Waals surface area contributed by atoms with Crippen LogP contribution in [0.15, 0.2) is 42.6 Å². The topological polar surface area (TPSA) is 124 Å². The van der Waals surface area contributed by atoms with Crippen LogP contribution in [0.1, 0.15) is 46.5 Å². The van der Waals surface area contributed by atoms with Crippen LogP contribution in [0.4, 0.5) is 4.39 Å². The molecule has 0 aromatic heterocycles. The molecule has 10 heteroatoms. The van der Waals surface area contributed by atoms with Gasteiger partial charge in [-0.05, 0) is 56.8 Å². The highest BCUT2D eigenvalue weighted by Gasteiger charge is 2.34. The molecule has 190 valence electrons. The maximum atomic E-state index is 14.9. The molecule has 0 radical (unpaired) electrons. The summed E-state index contributed by atoms with van der Waals surface area (Å²) in [6, 6.07) is 7.08. The molecule has 0 saturated carbocycles. The first-order valence-corrected chi connectivity index (χ1v) is 11.6. The van der Waals surface area contributed by atoms with Gasteiger partial charge in [0.2, 0.25) is 0 Å². The monoisotopic (exact) mass is 496 g/mol. The third-order valence-corrected chi connectivity index (χ3v) is 5.93. The summed E-state index contributed by atoms with van der Waals surface area (Å²) in [7, 11) is 1.68. The molecule has 36 heavy (non-hydrogen) atoms. The van der Waals surface area contributed by atoms with Gasteiger partial charge in [-0.15, -0.1) is 0 Å². The molecule has 2 aliphatic heterocycles. The van der Waals surface area contributed by atoms with Crippen molar-refractivity contribution in [2.45, 2.75) is 38.4 Å². The predicted octanol–water partition coefficient (Wildman–Crippen LogP) is 2.98. The first-order chi connectivity index (χ1) is 17.1. The Labute approximate surface area is 208 Å². The summed E-state index contributed by atoms with van der Waals surface area (Å²) in [5.41, 5.74) is 0.309. The van der Waals surface area contributed by atoms with E-state index in [-0.39, 0.29) is 29.3 Å². The maximum Gasteiger partial charge on any atom is 0.257 e. The number of hydrogen-bond acceptors (Lipinski definition) is 7. The van der Waals surface area contributed by atoms with Gasteiger partial charge in [0.1, 0.15) is 34.5 Å². The third-order valence-electron chi connectivity index (χ3n) is 5.93. The number of β-amino-alcohol motifs (C(OH)–C–C–N with tert-alkyl or cyclic N) is 1. The fraction of sp³-hybridized carbons (Fsp3) is 0.346. The number of hydrogen-bond donors (Lipinski definition) is 4. The number of aliphatic hydroxyl groups is 1. The Morgan fingerprint density at radius 3 is 2.75 bits per heavy atom. The minimum atomic E-state index is -0.745. The lowest BCUT2D eigenvalue weighted by Crippen LogP contribution is -2.30. The van der Waals surface area contributed by atoms with Gasteiger partial charge in [-0.25, -0.2) is 4.39 Å². The molecule has 0 aliphatic carbocycles. The minimum Gasteiger partial charge on any atom is -0.487 e. The van der Waals surface area contributed by atoms with E-state index in [4.69, 9.17) is 14.9 Å². The van der Waals surface area contributed by atoms with Crippen LogP contribution in [0, 0.1) is 11.2 Å². The summed E-state index contributed by atoms with van der Waals surface area (Å²) in [6.07, 6.45) is 3.29. The van der Waals surface area contributed by atoms with Crippen molar-refractivity contribution in [2.24, 2.45) is 0 Å². The standard InChI is InChI=1S/C26H29FN4O5/c1-26(2)13-19-21(10-15(11-22(19)36-26)24(33)30-23(28)6-8-29-3)35-17-4-5-18(20(27)12-17)25(34)31-9-7-16(32)14-31/h4-6,8,10-12,16,29,32H,7,9,13-14H2,1-3H3,(H2,28,30,33)/b8-6-/t16-/m0/s1. The molecular weight excluding hydrogens is 467 g/mol. The van der Waals surface area contributed by atoms with Crippen molar-refractivity contribution in [2.75, 3.05) is 20.1 Å². The first-order valence-electron chi connectivity index (χ1n) is 11.6. The fourth-order valence-electron chi connectivity index (χ4n) is 4.23. The molecule has 2 aromatic rings. The van der Waals surface area contributed by atoms with Crippen molar-refractivity contribution in [3.63, 3.8) is 0 Å². The number of carbonyl (C=O) groups excluding carboxylic acids is 2. The summed E-state index contributed by atoms with van der Waals surface area (Å²) in [5, 5.41) is 22.8. The highest BCUT2D eigenvalue weighted by Crippen LogP contribution is 2.43. The molecule has 1 saturated heterocycles. The molecule has 0 spiro atoms. The van der Waals surface area contributed by atoms with Crippen LogP contribution in [0.3, 0.4) is 0 Å².